The summed E-state index contributed by atoms with van der Waals surface area (Å²) in [5.74, 6) is 0.531. The van der Waals surface area contributed by atoms with Gasteiger partial charge in [-0.05, 0) is 50.2 Å². The van der Waals surface area contributed by atoms with E-state index in [2.05, 4.69) is 18.4 Å². The number of halogens is 1. The molecule has 1 heterocycles. The highest BCUT2D eigenvalue weighted by Crippen LogP contribution is 2.26. The highest BCUT2D eigenvalue weighted by atomic mass is 19.1. The summed E-state index contributed by atoms with van der Waals surface area (Å²) in [6.45, 7) is 4.47. The molecule has 0 bridgehead atoms. The van der Waals surface area contributed by atoms with Crippen molar-refractivity contribution in [3.8, 4) is 11.5 Å². The molecule has 1 N–H and O–H groups in total. The first-order valence-corrected chi connectivity index (χ1v) is 7.26. The van der Waals surface area contributed by atoms with Crippen molar-refractivity contribution in [2.75, 3.05) is 0 Å². The molecule has 4 heteroatoms. The fourth-order valence-corrected chi connectivity index (χ4v) is 2.70. The molecular formula is C18H18FNO2. The lowest BCUT2D eigenvalue weighted by atomic mass is 10.2. The zero-order chi connectivity index (χ0) is 15.7. The van der Waals surface area contributed by atoms with E-state index in [-0.39, 0.29) is 17.6 Å². The van der Waals surface area contributed by atoms with E-state index in [9.17, 15) is 9.50 Å². The number of hydrogen-bond acceptors (Lipinski definition) is 2. The molecule has 0 saturated heterocycles. The monoisotopic (exact) mass is 299 g/mol. The molecule has 3 aromatic rings. The number of benzene rings is 2. The SMILES string of the molecule is CC(C)n1c(COc2cccc(O)c2)cc2ccc(F)cc21. The van der Waals surface area contributed by atoms with E-state index in [1.54, 1.807) is 36.4 Å². The molecule has 3 rings (SSSR count). The van der Waals surface area contributed by atoms with Crippen LogP contribution in [0.25, 0.3) is 10.9 Å². The molecule has 1 aromatic heterocycles. The van der Waals surface area contributed by atoms with Crippen molar-refractivity contribution >= 4 is 10.9 Å². The molecule has 0 aliphatic carbocycles. The Bertz CT molecular complexity index is 808. The Labute approximate surface area is 128 Å². The van der Waals surface area contributed by atoms with Crippen LogP contribution in [0.4, 0.5) is 4.39 Å². The van der Waals surface area contributed by atoms with Crippen LogP contribution in [0.3, 0.4) is 0 Å². The van der Waals surface area contributed by atoms with Crippen molar-refractivity contribution in [2.24, 2.45) is 0 Å². The lowest BCUT2D eigenvalue weighted by Crippen LogP contribution is -2.08. The summed E-state index contributed by atoms with van der Waals surface area (Å²) in [6, 6.07) is 13.7. The number of hydrogen-bond donors (Lipinski definition) is 1. The van der Waals surface area contributed by atoms with Crippen molar-refractivity contribution in [2.45, 2.75) is 26.5 Å². The minimum absolute atomic E-state index is 0.170. The molecular weight excluding hydrogens is 281 g/mol. The van der Waals surface area contributed by atoms with Crippen LogP contribution >= 0.6 is 0 Å². The Morgan fingerprint density at radius 1 is 1.14 bits per heavy atom. The van der Waals surface area contributed by atoms with Gasteiger partial charge in [-0.15, -0.1) is 0 Å². The van der Waals surface area contributed by atoms with E-state index < -0.39 is 0 Å². The van der Waals surface area contributed by atoms with Crippen LogP contribution in [-0.4, -0.2) is 9.67 Å². The highest BCUT2D eigenvalue weighted by molar-refractivity contribution is 5.81. The Hall–Kier alpha value is -2.49. The van der Waals surface area contributed by atoms with Crippen LogP contribution in [0.5, 0.6) is 11.5 Å². The second-order valence-electron chi connectivity index (χ2n) is 5.59. The molecule has 114 valence electrons. The topological polar surface area (TPSA) is 34.4 Å². The van der Waals surface area contributed by atoms with Crippen molar-refractivity contribution < 1.29 is 14.2 Å². The van der Waals surface area contributed by atoms with Gasteiger partial charge in [-0.25, -0.2) is 4.39 Å². The van der Waals surface area contributed by atoms with E-state index in [1.807, 2.05) is 6.07 Å². The molecule has 0 aliphatic rings. The fourth-order valence-electron chi connectivity index (χ4n) is 2.70. The van der Waals surface area contributed by atoms with Crippen LogP contribution in [0, 0.1) is 5.82 Å². The number of phenols is 1. The van der Waals surface area contributed by atoms with Crippen LogP contribution in [-0.2, 0) is 6.61 Å². The Balaban J connectivity index is 1.94. The van der Waals surface area contributed by atoms with Crippen LogP contribution in [0.1, 0.15) is 25.6 Å². The maximum atomic E-state index is 13.5. The number of fused-ring (bicyclic) bond motifs is 1. The number of phenolic OH excluding ortho intramolecular Hbond substituents is 1. The molecule has 0 spiro atoms. The normalized spacial score (nSPS) is 11.3. The molecule has 0 amide bonds. The third kappa shape index (κ3) is 2.77. The molecule has 0 atom stereocenters. The average molecular weight is 299 g/mol. The summed E-state index contributed by atoms with van der Waals surface area (Å²) in [4.78, 5) is 0. The smallest absolute Gasteiger partial charge is 0.128 e. The van der Waals surface area contributed by atoms with Gasteiger partial charge in [0.1, 0.15) is 23.9 Å². The summed E-state index contributed by atoms with van der Waals surface area (Å²) in [7, 11) is 0. The van der Waals surface area contributed by atoms with Crippen molar-refractivity contribution in [3.05, 3.63) is 60.0 Å². The summed E-state index contributed by atoms with van der Waals surface area (Å²) in [5.41, 5.74) is 1.84. The lowest BCUT2D eigenvalue weighted by molar-refractivity contribution is 0.291. The quantitative estimate of drug-likeness (QED) is 0.761. The highest BCUT2D eigenvalue weighted by Gasteiger charge is 2.13. The van der Waals surface area contributed by atoms with Crippen LogP contribution < -0.4 is 4.74 Å². The lowest BCUT2D eigenvalue weighted by Gasteiger charge is -2.15. The maximum Gasteiger partial charge on any atom is 0.128 e. The van der Waals surface area contributed by atoms with E-state index in [0.717, 1.165) is 16.6 Å². The molecule has 0 aliphatic heterocycles. The third-order valence-electron chi connectivity index (χ3n) is 3.60. The molecule has 0 radical (unpaired) electrons. The van der Waals surface area contributed by atoms with Crippen molar-refractivity contribution in [3.63, 3.8) is 0 Å². The van der Waals surface area contributed by atoms with Gasteiger partial charge in [-0.1, -0.05) is 6.07 Å². The molecule has 0 unspecified atom stereocenters. The minimum atomic E-state index is -0.243. The van der Waals surface area contributed by atoms with E-state index in [0.29, 0.717) is 12.4 Å². The van der Waals surface area contributed by atoms with Gasteiger partial charge in [0.2, 0.25) is 0 Å². The molecule has 2 aromatic carbocycles. The van der Waals surface area contributed by atoms with Crippen molar-refractivity contribution in [1.29, 1.82) is 0 Å². The van der Waals surface area contributed by atoms with Gasteiger partial charge in [-0.2, -0.15) is 0 Å². The fraction of sp³-hybridized carbons (Fsp3) is 0.222. The number of ether oxygens (including phenoxy) is 1. The van der Waals surface area contributed by atoms with Gasteiger partial charge in [0.25, 0.3) is 0 Å². The third-order valence-corrected chi connectivity index (χ3v) is 3.60. The number of aromatic hydroxyl groups is 1. The largest absolute Gasteiger partial charge is 0.508 e. The minimum Gasteiger partial charge on any atom is -0.508 e. The molecule has 22 heavy (non-hydrogen) atoms. The number of rotatable bonds is 4. The molecule has 3 nitrogen and oxygen atoms in total. The van der Waals surface area contributed by atoms with Crippen LogP contribution in [0.2, 0.25) is 0 Å². The van der Waals surface area contributed by atoms with Gasteiger partial charge in [-0.3, -0.25) is 0 Å². The predicted molar refractivity (Wildman–Crippen MR) is 84.7 cm³/mol. The Kier molecular flexibility index (Phi) is 3.75. The zero-order valence-corrected chi connectivity index (χ0v) is 12.6. The standard InChI is InChI=1S/C18H18FNO2/c1-12(2)20-15(8-13-6-7-14(19)9-18(13)20)11-22-17-5-3-4-16(21)10-17/h3-10,12,21H,11H2,1-2H3. The van der Waals surface area contributed by atoms with Gasteiger partial charge in [0.15, 0.2) is 0 Å². The first-order chi connectivity index (χ1) is 10.5. The first-order valence-electron chi connectivity index (χ1n) is 7.26. The van der Waals surface area contributed by atoms with Gasteiger partial charge in [0, 0.05) is 17.5 Å². The average Bonchev–Trinajstić information content (AvgIpc) is 2.83. The molecule has 0 fully saturated rings. The zero-order valence-electron chi connectivity index (χ0n) is 12.6. The number of aromatic nitrogens is 1. The summed E-state index contributed by atoms with van der Waals surface area (Å²) in [6.07, 6.45) is 0. The Morgan fingerprint density at radius 2 is 1.95 bits per heavy atom. The van der Waals surface area contributed by atoms with Gasteiger partial charge >= 0.3 is 0 Å². The van der Waals surface area contributed by atoms with Gasteiger partial charge in [0.05, 0.1) is 11.2 Å². The van der Waals surface area contributed by atoms with E-state index >= 15 is 0 Å². The predicted octanol–water partition coefficient (Wildman–Crippen LogP) is 4.65. The van der Waals surface area contributed by atoms with E-state index in [4.69, 9.17) is 4.74 Å². The maximum absolute atomic E-state index is 13.5. The second kappa shape index (κ2) is 5.72. The Morgan fingerprint density at radius 3 is 2.68 bits per heavy atom. The van der Waals surface area contributed by atoms with E-state index in [1.165, 1.54) is 6.07 Å². The summed E-state index contributed by atoms with van der Waals surface area (Å²) < 4.78 is 21.3. The molecule has 0 saturated carbocycles. The summed E-state index contributed by atoms with van der Waals surface area (Å²) in [5, 5.41) is 10.5. The van der Waals surface area contributed by atoms with Gasteiger partial charge < -0.3 is 14.4 Å². The first kappa shape index (κ1) is 14.4. The van der Waals surface area contributed by atoms with Crippen molar-refractivity contribution in [1.82, 2.24) is 4.57 Å². The summed E-state index contributed by atoms with van der Waals surface area (Å²) >= 11 is 0. The second-order valence-corrected chi connectivity index (χ2v) is 5.59. The number of nitrogens with zero attached hydrogens (tertiary/aromatic N) is 1. The van der Waals surface area contributed by atoms with Crippen LogP contribution in [0.15, 0.2) is 48.5 Å².